The average molecular weight is 451 g/mol. The minimum Gasteiger partial charge on any atom is -0.333 e. The summed E-state index contributed by atoms with van der Waals surface area (Å²) >= 11 is 1.09. The van der Waals surface area contributed by atoms with Crippen molar-refractivity contribution in [1.82, 2.24) is 10.1 Å². The molecule has 4 rings (SSSR count). The number of halogens is 3. The van der Waals surface area contributed by atoms with Crippen LogP contribution in [0.15, 0.2) is 57.9 Å². The molecule has 0 aliphatic rings. The van der Waals surface area contributed by atoms with Crippen molar-refractivity contribution in [3.05, 3.63) is 70.9 Å². The van der Waals surface area contributed by atoms with E-state index in [1.807, 2.05) is 0 Å². The van der Waals surface area contributed by atoms with Gasteiger partial charge in [-0.15, -0.1) is 11.3 Å². The third kappa shape index (κ3) is 3.94. The highest BCUT2D eigenvalue weighted by Gasteiger charge is 2.24. The van der Waals surface area contributed by atoms with Crippen LogP contribution < -0.4 is 4.72 Å². The second-order valence-electron chi connectivity index (χ2n) is 6.19. The highest BCUT2D eigenvalue weighted by atomic mass is 32.2. The standard InChI is InChI=1S/C19H12F3N3O3S2/c1-10-17(30(26,27)25-15-7-6-13(21)8-14(15)22)9-16(29-10)19-23-18(24-28-19)11-2-4-12(20)5-3-11/h2-9,25H,1H3. The Labute approximate surface area is 173 Å². The predicted octanol–water partition coefficient (Wildman–Crippen LogP) is 4.99. The lowest BCUT2D eigenvalue weighted by Gasteiger charge is -2.08. The van der Waals surface area contributed by atoms with E-state index in [4.69, 9.17) is 4.52 Å². The minimum absolute atomic E-state index is 0.0804. The first kappa shape index (κ1) is 20.1. The maximum atomic E-state index is 13.8. The molecule has 30 heavy (non-hydrogen) atoms. The third-order valence-corrected chi connectivity index (χ3v) is 6.74. The van der Waals surface area contributed by atoms with Crippen molar-refractivity contribution < 1.29 is 26.1 Å². The van der Waals surface area contributed by atoms with E-state index in [-0.39, 0.29) is 22.3 Å². The summed E-state index contributed by atoms with van der Waals surface area (Å²) < 4.78 is 72.6. The number of thiophene rings is 1. The number of rotatable bonds is 5. The predicted molar refractivity (Wildman–Crippen MR) is 105 cm³/mol. The van der Waals surface area contributed by atoms with Gasteiger partial charge < -0.3 is 4.52 Å². The van der Waals surface area contributed by atoms with E-state index in [0.717, 1.165) is 23.5 Å². The lowest BCUT2D eigenvalue weighted by atomic mass is 10.2. The molecule has 2 heterocycles. The average Bonchev–Trinajstić information content (AvgIpc) is 3.32. The summed E-state index contributed by atoms with van der Waals surface area (Å²) in [5.74, 6) is -1.97. The highest BCUT2D eigenvalue weighted by Crippen LogP contribution is 2.34. The molecule has 0 fully saturated rings. The van der Waals surface area contributed by atoms with Crippen LogP contribution in [0.2, 0.25) is 0 Å². The summed E-state index contributed by atoms with van der Waals surface area (Å²) in [6.07, 6.45) is 0. The molecule has 0 radical (unpaired) electrons. The van der Waals surface area contributed by atoms with Gasteiger partial charge in [-0.3, -0.25) is 4.72 Å². The van der Waals surface area contributed by atoms with Crippen LogP contribution in [0.3, 0.4) is 0 Å². The molecule has 0 aliphatic carbocycles. The van der Waals surface area contributed by atoms with Crippen LogP contribution in [0, 0.1) is 24.4 Å². The Bertz CT molecular complexity index is 1330. The number of hydrogen-bond donors (Lipinski definition) is 1. The van der Waals surface area contributed by atoms with Crippen molar-refractivity contribution in [2.24, 2.45) is 0 Å². The number of nitrogens with zero attached hydrogens (tertiary/aromatic N) is 2. The largest absolute Gasteiger partial charge is 0.333 e. The second kappa shape index (κ2) is 7.58. The molecule has 4 aromatic rings. The molecule has 0 saturated heterocycles. The van der Waals surface area contributed by atoms with Gasteiger partial charge in [0.2, 0.25) is 5.82 Å². The van der Waals surface area contributed by atoms with Crippen LogP contribution in [0.25, 0.3) is 22.2 Å². The summed E-state index contributed by atoms with van der Waals surface area (Å²) in [6.45, 7) is 1.57. The normalized spacial score (nSPS) is 11.6. The van der Waals surface area contributed by atoms with E-state index < -0.39 is 27.5 Å². The molecule has 0 spiro atoms. The van der Waals surface area contributed by atoms with Gasteiger partial charge in [-0.05, 0) is 49.4 Å². The fraction of sp³-hybridized carbons (Fsp3) is 0.0526. The molecular weight excluding hydrogens is 439 g/mol. The summed E-state index contributed by atoms with van der Waals surface area (Å²) in [6, 6.07) is 9.34. The van der Waals surface area contributed by atoms with Gasteiger partial charge in [0.1, 0.15) is 22.3 Å². The molecule has 0 amide bonds. The number of nitrogens with one attached hydrogen (secondary N) is 1. The van der Waals surface area contributed by atoms with Crippen LogP contribution in [0.4, 0.5) is 18.9 Å². The van der Waals surface area contributed by atoms with Crippen LogP contribution in [-0.4, -0.2) is 18.6 Å². The number of anilines is 1. The molecule has 0 aliphatic heterocycles. The monoisotopic (exact) mass is 451 g/mol. The SMILES string of the molecule is Cc1sc(-c2nc(-c3ccc(F)cc3)no2)cc1S(=O)(=O)Nc1ccc(F)cc1F. The Morgan fingerprint density at radius 1 is 1.00 bits per heavy atom. The second-order valence-corrected chi connectivity index (χ2v) is 9.10. The molecule has 2 aromatic heterocycles. The zero-order valence-corrected chi connectivity index (χ0v) is 16.8. The Morgan fingerprint density at radius 3 is 2.40 bits per heavy atom. The van der Waals surface area contributed by atoms with Crippen LogP contribution in [-0.2, 0) is 10.0 Å². The van der Waals surface area contributed by atoms with E-state index in [9.17, 15) is 21.6 Å². The quantitative estimate of drug-likeness (QED) is 0.462. The lowest BCUT2D eigenvalue weighted by molar-refractivity contribution is 0.433. The molecule has 2 aromatic carbocycles. The number of benzene rings is 2. The number of sulfonamides is 1. The topological polar surface area (TPSA) is 85.1 Å². The zero-order chi connectivity index (χ0) is 21.5. The molecule has 0 unspecified atom stereocenters. The van der Waals surface area contributed by atoms with Crippen molar-refractivity contribution in [3.63, 3.8) is 0 Å². The summed E-state index contributed by atoms with van der Waals surface area (Å²) in [5.41, 5.74) is 0.154. The van der Waals surface area contributed by atoms with Gasteiger partial charge in [0.25, 0.3) is 15.9 Å². The minimum atomic E-state index is -4.15. The van der Waals surface area contributed by atoms with Gasteiger partial charge in [-0.2, -0.15) is 4.98 Å². The van der Waals surface area contributed by atoms with Crippen LogP contribution in [0.5, 0.6) is 0 Å². The Kier molecular flexibility index (Phi) is 5.08. The van der Waals surface area contributed by atoms with E-state index >= 15 is 0 Å². The number of aryl methyl sites for hydroxylation is 1. The third-order valence-electron chi connectivity index (χ3n) is 4.08. The Hall–Kier alpha value is -3.18. The Balaban J connectivity index is 1.64. The van der Waals surface area contributed by atoms with Gasteiger partial charge in [0, 0.05) is 16.5 Å². The van der Waals surface area contributed by atoms with Gasteiger partial charge in [0.05, 0.1) is 10.6 Å². The molecule has 154 valence electrons. The van der Waals surface area contributed by atoms with Gasteiger partial charge in [0.15, 0.2) is 0 Å². The fourth-order valence-corrected chi connectivity index (χ4v) is 5.23. The summed E-state index contributed by atoms with van der Waals surface area (Å²) in [7, 11) is -4.15. The maximum Gasteiger partial charge on any atom is 0.268 e. The van der Waals surface area contributed by atoms with E-state index in [1.165, 1.54) is 30.3 Å². The molecule has 6 nitrogen and oxygen atoms in total. The van der Waals surface area contributed by atoms with E-state index in [0.29, 0.717) is 21.4 Å². The van der Waals surface area contributed by atoms with Crippen LogP contribution in [0.1, 0.15) is 4.88 Å². The van der Waals surface area contributed by atoms with Crippen molar-refractivity contribution in [3.8, 4) is 22.2 Å². The first-order valence-corrected chi connectivity index (χ1v) is 10.7. The molecule has 0 saturated carbocycles. The fourth-order valence-electron chi connectivity index (χ4n) is 2.65. The van der Waals surface area contributed by atoms with Crippen molar-refractivity contribution in [1.29, 1.82) is 0 Å². The smallest absolute Gasteiger partial charge is 0.268 e. The molecule has 0 atom stereocenters. The zero-order valence-electron chi connectivity index (χ0n) is 15.2. The van der Waals surface area contributed by atoms with E-state index in [1.54, 1.807) is 6.92 Å². The van der Waals surface area contributed by atoms with Gasteiger partial charge in [-0.1, -0.05) is 5.16 Å². The number of aromatic nitrogens is 2. The van der Waals surface area contributed by atoms with Gasteiger partial charge in [-0.25, -0.2) is 21.6 Å². The van der Waals surface area contributed by atoms with E-state index in [2.05, 4.69) is 14.9 Å². The maximum absolute atomic E-state index is 13.8. The first-order valence-electron chi connectivity index (χ1n) is 8.41. The highest BCUT2D eigenvalue weighted by molar-refractivity contribution is 7.93. The molecule has 0 bridgehead atoms. The van der Waals surface area contributed by atoms with Crippen molar-refractivity contribution in [2.45, 2.75) is 11.8 Å². The Morgan fingerprint density at radius 2 is 1.70 bits per heavy atom. The van der Waals surface area contributed by atoms with Crippen molar-refractivity contribution >= 4 is 27.0 Å². The summed E-state index contributed by atoms with van der Waals surface area (Å²) in [4.78, 5) is 4.90. The molecular formula is C19H12F3N3O3S2. The van der Waals surface area contributed by atoms with Crippen LogP contribution >= 0.6 is 11.3 Å². The number of hydrogen-bond acceptors (Lipinski definition) is 6. The molecule has 1 N–H and O–H groups in total. The summed E-state index contributed by atoms with van der Waals surface area (Å²) in [5, 5.41) is 3.83. The molecule has 11 heteroatoms. The van der Waals surface area contributed by atoms with Crippen molar-refractivity contribution in [2.75, 3.05) is 4.72 Å². The first-order chi connectivity index (χ1) is 14.2. The lowest BCUT2D eigenvalue weighted by Crippen LogP contribution is -2.14. The van der Waals surface area contributed by atoms with Gasteiger partial charge >= 0.3 is 0 Å².